The van der Waals surface area contributed by atoms with Crippen LogP contribution < -0.4 is 0 Å². The molecule has 0 aromatic rings. The zero-order valence-electron chi connectivity index (χ0n) is 53.1. The van der Waals surface area contributed by atoms with Crippen molar-refractivity contribution in [3.8, 4) is 0 Å². The molecule has 3 N–H and O–H groups in total. The van der Waals surface area contributed by atoms with Crippen LogP contribution in [0.15, 0.2) is 0 Å². The molecule has 0 radical (unpaired) electrons. The SMILES string of the molecule is CCC(C)CCCCCCCCC(=O)O[C@H](COC(=O)CCCCCCCCCC(C)C)COP(=O)(O)OCC(O)COP(=O)(O)OC[C@@H](COC(=O)CCCCCCCCCCCC(C)C)OC(=O)CCCCCCCCCC(C)C. The number of carbonyl (C=O) groups excluding carboxylic acids is 4. The monoisotopic (exact) mass is 1210 g/mol. The number of esters is 4. The topological polar surface area (TPSA) is 237 Å². The van der Waals surface area contributed by atoms with Gasteiger partial charge in [-0.1, -0.05) is 248 Å². The maximum absolute atomic E-state index is 13.0. The molecule has 0 aliphatic rings. The minimum Gasteiger partial charge on any atom is -0.462 e. The molecule has 19 heteroatoms. The molecule has 0 heterocycles. The number of unbranched alkanes of at least 4 members (excludes halogenated alkanes) is 25. The molecule has 82 heavy (non-hydrogen) atoms. The summed E-state index contributed by atoms with van der Waals surface area (Å²) in [5.41, 5.74) is 0. The molecule has 0 fully saturated rings. The van der Waals surface area contributed by atoms with Crippen LogP contribution in [0, 0.1) is 23.7 Å². The number of aliphatic hydroxyl groups is 1. The van der Waals surface area contributed by atoms with Gasteiger partial charge in [-0.25, -0.2) is 9.13 Å². The first-order chi connectivity index (χ1) is 39.1. The second-order valence-electron chi connectivity index (χ2n) is 24.5. The summed E-state index contributed by atoms with van der Waals surface area (Å²) in [6, 6.07) is 0. The molecule has 486 valence electrons. The molecule has 0 rings (SSSR count). The predicted molar refractivity (Wildman–Crippen MR) is 326 cm³/mol. The van der Waals surface area contributed by atoms with Gasteiger partial charge in [0.15, 0.2) is 12.2 Å². The Hall–Kier alpha value is -1.94. The summed E-state index contributed by atoms with van der Waals surface area (Å²) in [4.78, 5) is 72.1. The van der Waals surface area contributed by atoms with Crippen molar-refractivity contribution in [3.63, 3.8) is 0 Å². The van der Waals surface area contributed by atoms with Gasteiger partial charge in [0.05, 0.1) is 26.4 Å². The predicted octanol–water partition coefficient (Wildman–Crippen LogP) is 17.0. The first kappa shape index (κ1) is 80.1. The average molecular weight is 1210 g/mol. The molecule has 0 spiro atoms. The lowest BCUT2D eigenvalue weighted by Gasteiger charge is -2.21. The Kier molecular flexibility index (Phi) is 52.0. The normalized spacial score (nSPS) is 14.8. The fourth-order valence-corrected chi connectivity index (χ4v) is 10.8. The van der Waals surface area contributed by atoms with Crippen molar-refractivity contribution in [2.24, 2.45) is 23.7 Å². The van der Waals surface area contributed by atoms with Crippen LogP contribution in [0.4, 0.5) is 0 Å². The Bertz CT molecular complexity index is 1650. The van der Waals surface area contributed by atoms with Gasteiger partial charge in [0, 0.05) is 25.7 Å². The fourth-order valence-electron chi connectivity index (χ4n) is 9.22. The van der Waals surface area contributed by atoms with Crippen molar-refractivity contribution in [3.05, 3.63) is 0 Å². The highest BCUT2D eigenvalue weighted by Gasteiger charge is 2.30. The van der Waals surface area contributed by atoms with Gasteiger partial charge in [-0.05, 0) is 49.4 Å². The Morgan fingerprint density at radius 3 is 0.866 bits per heavy atom. The summed E-state index contributed by atoms with van der Waals surface area (Å²) >= 11 is 0. The summed E-state index contributed by atoms with van der Waals surface area (Å²) < 4.78 is 67.9. The Morgan fingerprint density at radius 1 is 0.341 bits per heavy atom. The smallest absolute Gasteiger partial charge is 0.462 e. The van der Waals surface area contributed by atoms with Crippen LogP contribution >= 0.6 is 15.6 Å². The van der Waals surface area contributed by atoms with Gasteiger partial charge in [-0.15, -0.1) is 0 Å². The molecule has 17 nitrogen and oxygen atoms in total. The van der Waals surface area contributed by atoms with Crippen molar-refractivity contribution in [2.75, 3.05) is 39.6 Å². The molecular formula is C63H122O17P2. The second-order valence-corrected chi connectivity index (χ2v) is 27.4. The minimum absolute atomic E-state index is 0.101. The van der Waals surface area contributed by atoms with Crippen molar-refractivity contribution in [1.82, 2.24) is 0 Å². The van der Waals surface area contributed by atoms with Crippen LogP contribution in [-0.2, 0) is 65.4 Å². The van der Waals surface area contributed by atoms with E-state index in [-0.39, 0.29) is 25.7 Å². The molecule has 0 saturated heterocycles. The van der Waals surface area contributed by atoms with Gasteiger partial charge >= 0.3 is 39.5 Å². The highest BCUT2D eigenvalue weighted by molar-refractivity contribution is 7.47. The lowest BCUT2D eigenvalue weighted by Crippen LogP contribution is -2.30. The van der Waals surface area contributed by atoms with Crippen LogP contribution in [0.3, 0.4) is 0 Å². The Balaban J connectivity index is 5.25. The van der Waals surface area contributed by atoms with E-state index in [4.69, 9.17) is 37.0 Å². The van der Waals surface area contributed by atoms with Crippen LogP contribution in [0.2, 0.25) is 0 Å². The number of ether oxygens (including phenoxy) is 4. The summed E-state index contributed by atoms with van der Waals surface area (Å²) in [7, 11) is -9.89. The second kappa shape index (κ2) is 53.3. The summed E-state index contributed by atoms with van der Waals surface area (Å²) in [5.74, 6) is 0.720. The first-order valence-corrected chi connectivity index (χ1v) is 35.7. The van der Waals surface area contributed by atoms with E-state index < -0.39 is 97.5 Å². The number of hydrogen-bond acceptors (Lipinski definition) is 15. The summed E-state index contributed by atoms with van der Waals surface area (Å²) in [5, 5.41) is 10.5. The molecule has 0 aromatic heterocycles. The molecular weight excluding hydrogens is 1090 g/mol. The minimum atomic E-state index is -4.94. The Labute approximate surface area is 498 Å². The van der Waals surface area contributed by atoms with Crippen LogP contribution in [0.1, 0.15) is 299 Å². The molecule has 0 aliphatic carbocycles. The van der Waals surface area contributed by atoms with E-state index in [1.807, 2.05) is 0 Å². The third-order valence-corrected chi connectivity index (χ3v) is 16.6. The van der Waals surface area contributed by atoms with Gasteiger partial charge in [0.2, 0.25) is 0 Å². The van der Waals surface area contributed by atoms with Gasteiger partial charge in [-0.2, -0.15) is 0 Å². The number of hydrogen-bond donors (Lipinski definition) is 3. The number of phosphoric acid groups is 2. The quantitative estimate of drug-likeness (QED) is 0.0222. The third kappa shape index (κ3) is 55.9. The van der Waals surface area contributed by atoms with Crippen LogP contribution in [0.5, 0.6) is 0 Å². The van der Waals surface area contributed by atoms with Crippen LogP contribution in [-0.4, -0.2) is 96.7 Å². The van der Waals surface area contributed by atoms with Crippen molar-refractivity contribution >= 4 is 39.5 Å². The average Bonchev–Trinajstić information content (AvgIpc) is 3.45. The van der Waals surface area contributed by atoms with Gasteiger partial charge < -0.3 is 33.8 Å². The molecule has 0 saturated carbocycles. The zero-order valence-corrected chi connectivity index (χ0v) is 54.9. The zero-order chi connectivity index (χ0) is 61.1. The van der Waals surface area contributed by atoms with Crippen molar-refractivity contribution < 1.29 is 80.2 Å². The maximum Gasteiger partial charge on any atom is 0.472 e. The van der Waals surface area contributed by atoms with E-state index in [0.717, 1.165) is 108 Å². The molecule has 0 aliphatic heterocycles. The van der Waals surface area contributed by atoms with Gasteiger partial charge in [0.25, 0.3) is 0 Å². The van der Waals surface area contributed by atoms with E-state index in [1.54, 1.807) is 0 Å². The largest absolute Gasteiger partial charge is 0.472 e. The number of aliphatic hydroxyl groups excluding tert-OH is 1. The molecule has 4 unspecified atom stereocenters. The highest BCUT2D eigenvalue weighted by atomic mass is 31.2. The van der Waals surface area contributed by atoms with E-state index in [0.29, 0.717) is 37.5 Å². The van der Waals surface area contributed by atoms with E-state index in [1.165, 1.54) is 96.3 Å². The van der Waals surface area contributed by atoms with E-state index >= 15 is 0 Å². The van der Waals surface area contributed by atoms with Gasteiger partial charge in [0.1, 0.15) is 19.3 Å². The molecule has 0 aromatic carbocycles. The van der Waals surface area contributed by atoms with Crippen LogP contribution in [0.25, 0.3) is 0 Å². The maximum atomic E-state index is 13.0. The summed E-state index contributed by atoms with van der Waals surface area (Å²) in [6.07, 6.45) is 32.3. The van der Waals surface area contributed by atoms with Crippen molar-refractivity contribution in [2.45, 2.75) is 318 Å². The van der Waals surface area contributed by atoms with Crippen molar-refractivity contribution in [1.29, 1.82) is 0 Å². The number of phosphoric ester groups is 2. The molecule has 6 atom stereocenters. The molecule has 0 bridgehead atoms. The lowest BCUT2D eigenvalue weighted by atomic mass is 10.00. The summed E-state index contributed by atoms with van der Waals surface area (Å²) in [6.45, 7) is 13.9. The Morgan fingerprint density at radius 2 is 0.585 bits per heavy atom. The lowest BCUT2D eigenvalue weighted by molar-refractivity contribution is -0.161. The third-order valence-electron chi connectivity index (χ3n) is 14.7. The van der Waals surface area contributed by atoms with E-state index in [9.17, 15) is 43.2 Å². The number of carbonyl (C=O) groups is 4. The standard InChI is InChI=1S/C63H122O17P2/c1-9-56(8)42-34-26-21-22-30-38-46-63(68)80-59(50-74-61(66)44-36-28-19-13-16-24-32-40-54(4)5)52-78-82(71,72)76-48-57(64)47-75-81(69,70)77-51-58(79-62(67)45-37-29-20-14-17-25-33-41-55(6)7)49-73-60(65)43-35-27-18-12-10-11-15-23-31-39-53(2)3/h53-59,64H,9-52H2,1-8H3,(H,69,70)(H,71,72)/t56?,57?,58-,59-/m1/s1. The first-order valence-electron chi connectivity index (χ1n) is 32.7. The molecule has 0 amide bonds. The van der Waals surface area contributed by atoms with E-state index in [2.05, 4.69) is 55.4 Å². The highest BCUT2D eigenvalue weighted by Crippen LogP contribution is 2.45. The fraction of sp³-hybridized carbons (Fsp3) is 0.937. The number of rotatable bonds is 60. The van der Waals surface area contributed by atoms with Gasteiger partial charge in [-0.3, -0.25) is 37.3 Å².